The molecule has 2 N–H and O–H groups in total. The Morgan fingerprint density at radius 1 is 1.04 bits per heavy atom. The van der Waals surface area contributed by atoms with E-state index in [1.807, 2.05) is 32.0 Å². The van der Waals surface area contributed by atoms with Crippen molar-refractivity contribution >= 4 is 27.1 Å². The van der Waals surface area contributed by atoms with Crippen LogP contribution in [0, 0.1) is 13.8 Å². The van der Waals surface area contributed by atoms with Crippen molar-refractivity contribution in [1.29, 1.82) is 0 Å². The van der Waals surface area contributed by atoms with E-state index >= 15 is 0 Å². The number of rotatable bonds is 7. The number of aryl methyl sites for hydroxylation is 2. The van der Waals surface area contributed by atoms with Crippen molar-refractivity contribution in [2.45, 2.75) is 18.7 Å². The normalized spacial score (nSPS) is 11.0. The quantitative estimate of drug-likeness (QED) is 0.753. The van der Waals surface area contributed by atoms with Crippen LogP contribution in [0.25, 0.3) is 0 Å². The number of nitrogens with one attached hydrogen (secondary N) is 2. The number of hydrogen-bond acceptors (Lipinski definition) is 6. The molecule has 2 aromatic rings. The first-order valence-electron chi connectivity index (χ1n) is 8.24. The predicted octanol–water partition coefficient (Wildman–Crippen LogP) is 2.77. The standard InChI is InChI=1S/C19H24N2O5S/c1-12-7-6-8-13(2)17(12)21-16(22)11-20-14-9-10-15(25-3)19(18(14)26-4)27(5,23)24/h6-10,20H,11H2,1-5H3,(H,21,22). The lowest BCUT2D eigenvalue weighted by atomic mass is 10.1. The van der Waals surface area contributed by atoms with E-state index in [4.69, 9.17) is 9.47 Å². The Labute approximate surface area is 159 Å². The van der Waals surface area contributed by atoms with Gasteiger partial charge in [-0.2, -0.15) is 0 Å². The van der Waals surface area contributed by atoms with E-state index in [0.29, 0.717) is 5.69 Å². The van der Waals surface area contributed by atoms with Crippen LogP contribution in [0.2, 0.25) is 0 Å². The van der Waals surface area contributed by atoms with Gasteiger partial charge < -0.3 is 20.1 Å². The molecule has 2 rings (SSSR count). The van der Waals surface area contributed by atoms with Crippen molar-refractivity contribution in [3.8, 4) is 11.5 Å². The van der Waals surface area contributed by atoms with Crippen molar-refractivity contribution in [1.82, 2.24) is 0 Å². The molecule has 27 heavy (non-hydrogen) atoms. The number of ether oxygens (including phenoxy) is 2. The summed E-state index contributed by atoms with van der Waals surface area (Å²) in [5.74, 6) is 0.0304. The first-order valence-corrected chi connectivity index (χ1v) is 10.1. The number of carbonyl (C=O) groups excluding carboxylic acids is 1. The largest absolute Gasteiger partial charge is 0.495 e. The molecule has 146 valence electrons. The highest BCUT2D eigenvalue weighted by atomic mass is 32.2. The van der Waals surface area contributed by atoms with Gasteiger partial charge in [-0.1, -0.05) is 18.2 Å². The van der Waals surface area contributed by atoms with Crippen LogP contribution in [0.4, 0.5) is 11.4 Å². The molecule has 8 heteroatoms. The summed E-state index contributed by atoms with van der Waals surface area (Å²) >= 11 is 0. The van der Waals surface area contributed by atoms with E-state index in [9.17, 15) is 13.2 Å². The van der Waals surface area contributed by atoms with E-state index in [1.54, 1.807) is 6.07 Å². The van der Waals surface area contributed by atoms with Gasteiger partial charge in [-0.15, -0.1) is 0 Å². The average molecular weight is 392 g/mol. The van der Waals surface area contributed by atoms with Gasteiger partial charge in [0.05, 0.1) is 26.5 Å². The van der Waals surface area contributed by atoms with Gasteiger partial charge in [0.2, 0.25) is 5.91 Å². The van der Waals surface area contributed by atoms with Crippen molar-refractivity contribution in [2.75, 3.05) is 37.7 Å². The van der Waals surface area contributed by atoms with E-state index in [1.165, 1.54) is 20.3 Å². The van der Waals surface area contributed by atoms with E-state index in [0.717, 1.165) is 23.1 Å². The molecule has 0 bridgehead atoms. The SMILES string of the molecule is COc1ccc(NCC(=O)Nc2c(C)cccc2C)c(OC)c1S(C)(=O)=O. The minimum absolute atomic E-state index is 0.0559. The summed E-state index contributed by atoms with van der Waals surface area (Å²) < 4.78 is 34.7. The minimum Gasteiger partial charge on any atom is -0.495 e. The number of hydrogen-bond donors (Lipinski definition) is 2. The molecule has 0 radical (unpaired) electrons. The van der Waals surface area contributed by atoms with E-state index < -0.39 is 9.84 Å². The van der Waals surface area contributed by atoms with Crippen molar-refractivity contribution in [3.63, 3.8) is 0 Å². The highest BCUT2D eigenvalue weighted by Gasteiger charge is 2.23. The van der Waals surface area contributed by atoms with E-state index in [-0.39, 0.29) is 28.8 Å². The predicted molar refractivity (Wildman–Crippen MR) is 106 cm³/mol. The van der Waals surface area contributed by atoms with Crippen LogP contribution in [-0.2, 0) is 14.6 Å². The first kappa shape index (κ1) is 20.6. The zero-order chi connectivity index (χ0) is 20.2. The fraction of sp³-hybridized carbons (Fsp3) is 0.316. The number of carbonyl (C=O) groups is 1. The number of methoxy groups -OCH3 is 2. The van der Waals surface area contributed by atoms with Gasteiger partial charge in [0.1, 0.15) is 5.75 Å². The number of para-hydroxylation sites is 1. The van der Waals surface area contributed by atoms with Gasteiger partial charge >= 0.3 is 0 Å². The fourth-order valence-electron chi connectivity index (χ4n) is 2.77. The minimum atomic E-state index is -3.60. The third-order valence-electron chi connectivity index (χ3n) is 4.06. The maximum absolute atomic E-state index is 12.3. The molecule has 0 saturated carbocycles. The Balaban J connectivity index is 2.24. The van der Waals surface area contributed by atoms with Gasteiger partial charge in [-0.05, 0) is 37.1 Å². The van der Waals surface area contributed by atoms with Crippen molar-refractivity contribution in [3.05, 3.63) is 41.5 Å². The first-order chi connectivity index (χ1) is 12.7. The van der Waals surface area contributed by atoms with Crippen LogP contribution in [-0.4, -0.2) is 41.3 Å². The number of sulfone groups is 1. The molecular weight excluding hydrogens is 368 g/mol. The summed E-state index contributed by atoms with van der Waals surface area (Å²) in [5, 5.41) is 5.80. The van der Waals surface area contributed by atoms with Gasteiger partial charge in [-0.3, -0.25) is 4.79 Å². The summed E-state index contributed by atoms with van der Waals surface area (Å²) in [5.41, 5.74) is 3.08. The zero-order valence-electron chi connectivity index (χ0n) is 16.0. The fourth-order valence-corrected chi connectivity index (χ4v) is 3.82. The highest BCUT2D eigenvalue weighted by molar-refractivity contribution is 7.91. The van der Waals surface area contributed by atoms with Crippen LogP contribution in [0.5, 0.6) is 11.5 Å². The lowest BCUT2D eigenvalue weighted by Gasteiger charge is -2.17. The molecule has 0 heterocycles. The lowest BCUT2D eigenvalue weighted by Crippen LogP contribution is -2.23. The molecular formula is C19H24N2O5S. The molecule has 0 aliphatic carbocycles. The van der Waals surface area contributed by atoms with Crippen LogP contribution >= 0.6 is 0 Å². The smallest absolute Gasteiger partial charge is 0.243 e. The number of amides is 1. The van der Waals surface area contributed by atoms with Gasteiger partial charge in [0, 0.05) is 11.9 Å². The van der Waals surface area contributed by atoms with E-state index in [2.05, 4.69) is 10.6 Å². The summed E-state index contributed by atoms with van der Waals surface area (Å²) in [6, 6.07) is 8.89. The summed E-state index contributed by atoms with van der Waals surface area (Å²) in [6.45, 7) is 3.78. The third-order valence-corrected chi connectivity index (χ3v) is 5.18. The van der Waals surface area contributed by atoms with Gasteiger partial charge in [-0.25, -0.2) is 8.42 Å². The second kappa shape index (κ2) is 8.30. The van der Waals surface area contributed by atoms with Crippen LogP contribution in [0.15, 0.2) is 35.2 Å². The maximum Gasteiger partial charge on any atom is 0.243 e. The Morgan fingerprint density at radius 3 is 2.19 bits per heavy atom. The van der Waals surface area contributed by atoms with Crippen molar-refractivity contribution in [2.24, 2.45) is 0 Å². The van der Waals surface area contributed by atoms with Crippen LogP contribution < -0.4 is 20.1 Å². The molecule has 2 aromatic carbocycles. The topological polar surface area (TPSA) is 93.7 Å². The number of anilines is 2. The van der Waals surface area contributed by atoms with Gasteiger partial charge in [0.15, 0.2) is 20.5 Å². The average Bonchev–Trinajstić information content (AvgIpc) is 2.61. The summed E-state index contributed by atoms with van der Waals surface area (Å²) in [6.07, 6.45) is 1.07. The molecule has 0 aromatic heterocycles. The highest BCUT2D eigenvalue weighted by Crippen LogP contribution is 2.39. The third kappa shape index (κ3) is 4.71. The molecule has 7 nitrogen and oxygen atoms in total. The lowest BCUT2D eigenvalue weighted by molar-refractivity contribution is -0.114. The Bertz CT molecular complexity index is 935. The van der Waals surface area contributed by atoms with Crippen LogP contribution in [0.3, 0.4) is 0 Å². The second-order valence-corrected chi connectivity index (χ2v) is 8.07. The monoisotopic (exact) mass is 392 g/mol. The molecule has 1 amide bonds. The molecule has 0 fully saturated rings. The van der Waals surface area contributed by atoms with Crippen LogP contribution in [0.1, 0.15) is 11.1 Å². The Morgan fingerprint density at radius 2 is 1.67 bits per heavy atom. The molecule has 0 unspecified atom stereocenters. The summed E-state index contributed by atoms with van der Waals surface area (Å²) in [4.78, 5) is 12.3. The molecule has 0 spiro atoms. The molecule has 0 aliphatic heterocycles. The Kier molecular flexibility index (Phi) is 6.32. The van der Waals surface area contributed by atoms with Crippen molar-refractivity contribution < 1.29 is 22.7 Å². The molecule has 0 saturated heterocycles. The second-order valence-electron chi connectivity index (χ2n) is 6.12. The maximum atomic E-state index is 12.3. The molecule has 0 aliphatic rings. The Hall–Kier alpha value is -2.74. The molecule has 0 atom stereocenters. The summed E-state index contributed by atoms with van der Waals surface area (Å²) in [7, 11) is -0.850. The van der Waals surface area contributed by atoms with Gasteiger partial charge in [0.25, 0.3) is 0 Å². The number of benzene rings is 2. The zero-order valence-corrected chi connectivity index (χ0v) is 16.9.